The largest absolute Gasteiger partial charge is 0.493 e. The Bertz CT molecular complexity index is 951. The summed E-state index contributed by atoms with van der Waals surface area (Å²) in [7, 11) is 0. The number of hydrogen-bond donors (Lipinski definition) is 2. The summed E-state index contributed by atoms with van der Waals surface area (Å²) in [6.45, 7) is 0.945. The van der Waals surface area contributed by atoms with E-state index in [1.807, 2.05) is 10.6 Å². The molecule has 0 spiro atoms. The van der Waals surface area contributed by atoms with E-state index in [0.717, 1.165) is 24.2 Å². The van der Waals surface area contributed by atoms with Gasteiger partial charge in [-0.15, -0.1) is 0 Å². The highest BCUT2D eigenvalue weighted by atomic mass is 35.5. The third kappa shape index (κ3) is 4.81. The van der Waals surface area contributed by atoms with Gasteiger partial charge in [-0.1, -0.05) is 23.2 Å². The summed E-state index contributed by atoms with van der Waals surface area (Å²) >= 11 is 14.5. The molecule has 0 fully saturated rings. The Kier molecular flexibility index (Phi) is 7.23. The van der Waals surface area contributed by atoms with Crippen molar-refractivity contribution in [3.63, 3.8) is 0 Å². The van der Waals surface area contributed by atoms with Crippen molar-refractivity contribution in [3.8, 4) is 5.75 Å². The lowest BCUT2D eigenvalue weighted by molar-refractivity contribution is 0.300. The van der Waals surface area contributed by atoms with Crippen LogP contribution in [-0.2, 0) is 6.54 Å². The zero-order valence-corrected chi connectivity index (χ0v) is 17.8. The van der Waals surface area contributed by atoms with Gasteiger partial charge in [0.15, 0.2) is 11.5 Å². The quantitative estimate of drug-likeness (QED) is 0.489. The molecule has 1 atom stereocenters. The second kappa shape index (κ2) is 9.65. The van der Waals surface area contributed by atoms with Gasteiger partial charge in [-0.2, -0.15) is 11.8 Å². The molecule has 0 unspecified atom stereocenters. The smallest absolute Gasteiger partial charge is 0.165 e. The highest BCUT2D eigenvalue weighted by Crippen LogP contribution is 2.34. The monoisotopic (exact) mass is 440 g/mol. The van der Waals surface area contributed by atoms with Crippen LogP contribution in [0.2, 0.25) is 10.0 Å². The maximum Gasteiger partial charge on any atom is 0.165 e. The van der Waals surface area contributed by atoms with Gasteiger partial charge in [-0.25, -0.2) is 15.0 Å². The SMILES string of the molecule is CSC[C@H](N)CCCOc1ccc(Cl)c(Cl)c1Cn1cnc2c(N)ncnc21. The van der Waals surface area contributed by atoms with E-state index in [1.54, 1.807) is 24.2 Å². The van der Waals surface area contributed by atoms with E-state index in [9.17, 15) is 0 Å². The number of nitrogens with zero attached hydrogens (tertiary/aromatic N) is 4. The minimum Gasteiger partial charge on any atom is -0.493 e. The van der Waals surface area contributed by atoms with E-state index in [0.29, 0.717) is 45.9 Å². The summed E-state index contributed by atoms with van der Waals surface area (Å²) in [4.78, 5) is 12.5. The molecule has 0 amide bonds. The minimum atomic E-state index is 0.175. The summed E-state index contributed by atoms with van der Waals surface area (Å²) in [6, 6.07) is 3.73. The Morgan fingerprint density at radius 1 is 1.25 bits per heavy atom. The molecular formula is C18H22Cl2N6OS. The molecule has 4 N–H and O–H groups in total. The van der Waals surface area contributed by atoms with Crippen LogP contribution < -0.4 is 16.2 Å². The van der Waals surface area contributed by atoms with Crippen molar-refractivity contribution in [1.29, 1.82) is 0 Å². The summed E-state index contributed by atoms with van der Waals surface area (Å²) < 4.78 is 7.83. The number of ether oxygens (including phenoxy) is 1. The predicted molar refractivity (Wildman–Crippen MR) is 116 cm³/mol. The molecular weight excluding hydrogens is 419 g/mol. The van der Waals surface area contributed by atoms with Gasteiger partial charge < -0.3 is 20.8 Å². The number of rotatable bonds is 9. The average Bonchev–Trinajstić information content (AvgIpc) is 3.08. The van der Waals surface area contributed by atoms with E-state index < -0.39 is 0 Å². The Morgan fingerprint density at radius 2 is 2.07 bits per heavy atom. The van der Waals surface area contributed by atoms with Crippen LogP contribution in [0.15, 0.2) is 24.8 Å². The third-order valence-electron chi connectivity index (χ3n) is 4.27. The highest BCUT2D eigenvalue weighted by molar-refractivity contribution is 7.98. The van der Waals surface area contributed by atoms with Crippen molar-refractivity contribution in [2.75, 3.05) is 24.3 Å². The molecule has 28 heavy (non-hydrogen) atoms. The predicted octanol–water partition coefficient (Wildman–Crippen LogP) is 3.61. The molecule has 0 bridgehead atoms. The van der Waals surface area contributed by atoms with Crippen LogP contribution in [0.5, 0.6) is 5.75 Å². The van der Waals surface area contributed by atoms with Crippen LogP contribution in [0.4, 0.5) is 5.82 Å². The Morgan fingerprint density at radius 3 is 2.86 bits per heavy atom. The fourth-order valence-corrected chi connectivity index (χ4v) is 3.86. The number of benzene rings is 1. The second-order valence-electron chi connectivity index (χ2n) is 6.35. The first-order valence-corrected chi connectivity index (χ1v) is 10.9. The summed E-state index contributed by atoms with van der Waals surface area (Å²) in [5, 5.41) is 0.909. The molecule has 10 heteroatoms. The Hall–Kier alpha value is -1.74. The van der Waals surface area contributed by atoms with Gasteiger partial charge in [0.1, 0.15) is 17.6 Å². The fourth-order valence-electron chi connectivity index (χ4n) is 2.87. The zero-order valence-electron chi connectivity index (χ0n) is 15.4. The van der Waals surface area contributed by atoms with Crippen LogP contribution >= 0.6 is 35.0 Å². The van der Waals surface area contributed by atoms with Gasteiger partial charge in [0.25, 0.3) is 0 Å². The van der Waals surface area contributed by atoms with Crippen molar-refractivity contribution in [2.24, 2.45) is 5.73 Å². The van der Waals surface area contributed by atoms with Gasteiger partial charge in [0.2, 0.25) is 0 Å². The number of imidazole rings is 1. The summed E-state index contributed by atoms with van der Waals surface area (Å²) in [5.74, 6) is 1.95. The van der Waals surface area contributed by atoms with Gasteiger partial charge in [0.05, 0.1) is 29.5 Å². The molecule has 0 saturated heterocycles. The first-order valence-electron chi connectivity index (χ1n) is 8.76. The topological polar surface area (TPSA) is 105 Å². The number of nitrogens with two attached hydrogens (primary N) is 2. The standard InChI is InChI=1S/C18H22Cl2N6OS/c1-28-8-11(21)3-2-6-27-14-5-4-13(19)15(20)12(14)7-26-10-25-16-17(22)23-9-24-18(16)26/h4-5,9-11H,2-3,6-8,21H2,1H3,(H2,22,23,24)/t11-/m1/s1. The van der Waals surface area contributed by atoms with E-state index in [2.05, 4.69) is 21.2 Å². The van der Waals surface area contributed by atoms with E-state index in [1.165, 1.54) is 6.33 Å². The van der Waals surface area contributed by atoms with Gasteiger partial charge in [-0.05, 0) is 31.2 Å². The van der Waals surface area contributed by atoms with E-state index in [-0.39, 0.29) is 6.04 Å². The third-order valence-corrected chi connectivity index (χ3v) is 5.87. The molecule has 0 radical (unpaired) electrons. The second-order valence-corrected chi connectivity index (χ2v) is 8.04. The van der Waals surface area contributed by atoms with Crippen molar-refractivity contribution >= 4 is 51.9 Å². The van der Waals surface area contributed by atoms with Gasteiger partial charge in [0, 0.05) is 17.4 Å². The Labute approximate surface area is 177 Å². The normalized spacial score (nSPS) is 12.4. The average molecular weight is 441 g/mol. The first kappa shape index (κ1) is 21.0. The Balaban J connectivity index is 1.78. The molecule has 2 heterocycles. The molecule has 0 aliphatic carbocycles. The van der Waals surface area contributed by atoms with Crippen LogP contribution in [0, 0.1) is 0 Å². The highest BCUT2D eigenvalue weighted by Gasteiger charge is 2.16. The summed E-state index contributed by atoms with van der Waals surface area (Å²) in [6.07, 6.45) is 6.87. The van der Waals surface area contributed by atoms with Crippen molar-refractivity contribution in [3.05, 3.63) is 40.4 Å². The van der Waals surface area contributed by atoms with Crippen LogP contribution in [0.1, 0.15) is 18.4 Å². The number of hydrogen-bond acceptors (Lipinski definition) is 7. The molecule has 150 valence electrons. The molecule has 0 saturated carbocycles. The van der Waals surface area contributed by atoms with Gasteiger partial charge in [-0.3, -0.25) is 0 Å². The molecule has 0 aliphatic rings. The number of thioether (sulfide) groups is 1. The molecule has 0 aliphatic heterocycles. The molecule has 3 aromatic rings. The number of nitrogen functional groups attached to an aromatic ring is 1. The minimum absolute atomic E-state index is 0.175. The number of aromatic nitrogens is 4. The van der Waals surface area contributed by atoms with Crippen LogP contribution in [0.25, 0.3) is 11.2 Å². The van der Waals surface area contributed by atoms with Crippen LogP contribution in [-0.4, -0.2) is 44.2 Å². The molecule has 3 rings (SSSR count). The lowest BCUT2D eigenvalue weighted by Crippen LogP contribution is -2.23. The van der Waals surface area contributed by atoms with E-state index >= 15 is 0 Å². The molecule has 1 aromatic carbocycles. The lowest BCUT2D eigenvalue weighted by Gasteiger charge is -2.16. The van der Waals surface area contributed by atoms with Crippen molar-refractivity contribution in [1.82, 2.24) is 19.5 Å². The maximum atomic E-state index is 6.48. The first-order chi connectivity index (χ1) is 13.5. The number of anilines is 1. The van der Waals surface area contributed by atoms with E-state index in [4.69, 9.17) is 39.4 Å². The van der Waals surface area contributed by atoms with Crippen LogP contribution in [0.3, 0.4) is 0 Å². The number of fused-ring (bicyclic) bond motifs is 1. The molecule has 2 aromatic heterocycles. The summed E-state index contributed by atoms with van der Waals surface area (Å²) in [5.41, 5.74) is 13.8. The van der Waals surface area contributed by atoms with Gasteiger partial charge >= 0.3 is 0 Å². The zero-order chi connectivity index (χ0) is 20.1. The lowest BCUT2D eigenvalue weighted by atomic mass is 10.2. The maximum absolute atomic E-state index is 6.48. The fraction of sp³-hybridized carbons (Fsp3) is 0.389. The van der Waals surface area contributed by atoms with Crippen molar-refractivity contribution < 1.29 is 4.74 Å². The number of halogens is 2. The molecule has 7 nitrogen and oxygen atoms in total. The van der Waals surface area contributed by atoms with Crippen molar-refractivity contribution in [2.45, 2.75) is 25.4 Å².